The van der Waals surface area contributed by atoms with E-state index in [0.29, 0.717) is 31.9 Å². The number of pyridine rings is 1. The molecular formula is C12H5Cl3N2. The molecule has 84 valence electrons. The predicted molar refractivity (Wildman–Crippen MR) is 69.4 cm³/mol. The Balaban J connectivity index is 2.57. The zero-order valence-corrected chi connectivity index (χ0v) is 10.7. The van der Waals surface area contributed by atoms with Gasteiger partial charge in [-0.05, 0) is 24.3 Å². The summed E-state index contributed by atoms with van der Waals surface area (Å²) in [5, 5.41) is 10.0. The molecule has 0 aliphatic carbocycles. The van der Waals surface area contributed by atoms with Gasteiger partial charge in [-0.1, -0.05) is 34.8 Å². The van der Waals surface area contributed by atoms with Crippen molar-refractivity contribution in [2.75, 3.05) is 0 Å². The Morgan fingerprint density at radius 1 is 1.06 bits per heavy atom. The largest absolute Gasteiger partial charge is 0.255 e. The van der Waals surface area contributed by atoms with Crippen LogP contribution in [0.3, 0.4) is 0 Å². The van der Waals surface area contributed by atoms with E-state index in [1.807, 2.05) is 6.07 Å². The molecule has 0 amide bonds. The topological polar surface area (TPSA) is 36.7 Å². The van der Waals surface area contributed by atoms with Crippen molar-refractivity contribution in [1.82, 2.24) is 4.98 Å². The number of hydrogen-bond acceptors (Lipinski definition) is 2. The summed E-state index contributed by atoms with van der Waals surface area (Å²) in [5.41, 5.74) is 1.70. The zero-order chi connectivity index (χ0) is 12.4. The van der Waals surface area contributed by atoms with Gasteiger partial charge in [-0.25, -0.2) is 0 Å². The molecule has 0 bridgehead atoms. The predicted octanol–water partition coefficient (Wildman–Crippen LogP) is 4.58. The molecule has 0 aliphatic rings. The van der Waals surface area contributed by atoms with E-state index in [0.717, 1.165) is 0 Å². The van der Waals surface area contributed by atoms with E-state index >= 15 is 0 Å². The Morgan fingerprint density at radius 2 is 1.71 bits per heavy atom. The minimum Gasteiger partial charge on any atom is -0.255 e. The highest BCUT2D eigenvalue weighted by atomic mass is 35.5. The maximum absolute atomic E-state index is 8.69. The highest BCUT2D eigenvalue weighted by molar-refractivity contribution is 6.41. The fraction of sp³-hybridized carbons (Fsp3) is 0. The van der Waals surface area contributed by atoms with Crippen LogP contribution in [-0.4, -0.2) is 4.98 Å². The first-order valence-corrected chi connectivity index (χ1v) is 5.76. The summed E-state index contributed by atoms with van der Waals surface area (Å²) in [5.74, 6) is 0. The van der Waals surface area contributed by atoms with E-state index in [2.05, 4.69) is 4.98 Å². The number of benzene rings is 1. The molecule has 0 N–H and O–H groups in total. The van der Waals surface area contributed by atoms with Crippen molar-refractivity contribution in [2.24, 2.45) is 0 Å². The lowest BCUT2D eigenvalue weighted by Gasteiger charge is -2.06. The Bertz CT molecular complexity index is 577. The van der Waals surface area contributed by atoms with Gasteiger partial charge in [0.2, 0.25) is 0 Å². The third kappa shape index (κ3) is 2.53. The number of aromatic nitrogens is 1. The van der Waals surface area contributed by atoms with Gasteiger partial charge in [-0.2, -0.15) is 5.26 Å². The van der Waals surface area contributed by atoms with E-state index in [1.165, 1.54) is 6.20 Å². The van der Waals surface area contributed by atoms with Gasteiger partial charge in [0.1, 0.15) is 6.07 Å². The summed E-state index contributed by atoms with van der Waals surface area (Å²) in [6, 6.07) is 8.55. The van der Waals surface area contributed by atoms with Crippen LogP contribution in [0.15, 0.2) is 30.5 Å². The molecule has 1 heterocycles. The van der Waals surface area contributed by atoms with Crippen molar-refractivity contribution in [1.29, 1.82) is 5.26 Å². The summed E-state index contributed by atoms with van der Waals surface area (Å²) in [6.07, 6.45) is 1.47. The molecular weight excluding hydrogens is 279 g/mol. The van der Waals surface area contributed by atoms with Gasteiger partial charge in [-0.15, -0.1) is 0 Å². The van der Waals surface area contributed by atoms with Crippen LogP contribution in [-0.2, 0) is 0 Å². The standard InChI is InChI=1S/C12H5Cl3N2/c13-8-3-9(14)12(10(15)4-8)11-2-1-7(5-16)6-17-11/h1-4,6H. The monoisotopic (exact) mass is 282 g/mol. The first kappa shape index (κ1) is 12.2. The van der Waals surface area contributed by atoms with Crippen LogP contribution >= 0.6 is 34.8 Å². The van der Waals surface area contributed by atoms with E-state index in [-0.39, 0.29) is 0 Å². The van der Waals surface area contributed by atoms with Crippen molar-refractivity contribution in [2.45, 2.75) is 0 Å². The Kier molecular flexibility index (Phi) is 3.54. The average Bonchev–Trinajstić information content (AvgIpc) is 2.28. The SMILES string of the molecule is N#Cc1ccc(-c2c(Cl)cc(Cl)cc2Cl)nc1. The van der Waals surface area contributed by atoms with Crippen molar-refractivity contribution in [3.05, 3.63) is 51.1 Å². The minimum atomic E-state index is 0.430. The second kappa shape index (κ2) is 4.93. The fourth-order valence-corrected chi connectivity index (χ4v) is 2.41. The first-order chi connectivity index (χ1) is 8.11. The molecule has 0 unspecified atom stereocenters. The van der Waals surface area contributed by atoms with E-state index in [1.54, 1.807) is 24.3 Å². The second-order valence-corrected chi connectivity index (χ2v) is 4.54. The normalized spacial score (nSPS) is 10.0. The molecule has 17 heavy (non-hydrogen) atoms. The van der Waals surface area contributed by atoms with Gasteiger partial charge in [-0.3, -0.25) is 4.98 Å². The van der Waals surface area contributed by atoms with Gasteiger partial charge >= 0.3 is 0 Å². The summed E-state index contributed by atoms with van der Waals surface area (Å²) in [4.78, 5) is 4.14. The number of hydrogen-bond donors (Lipinski definition) is 0. The summed E-state index contributed by atoms with van der Waals surface area (Å²) in [6.45, 7) is 0. The number of nitriles is 1. The van der Waals surface area contributed by atoms with Crippen molar-refractivity contribution >= 4 is 34.8 Å². The van der Waals surface area contributed by atoms with Gasteiger partial charge in [0, 0.05) is 16.8 Å². The molecule has 0 aliphatic heterocycles. The van der Waals surface area contributed by atoms with Crippen molar-refractivity contribution in [3.8, 4) is 17.3 Å². The number of nitrogens with zero attached hydrogens (tertiary/aromatic N) is 2. The Morgan fingerprint density at radius 3 is 2.18 bits per heavy atom. The molecule has 0 spiro atoms. The van der Waals surface area contributed by atoms with Crippen LogP contribution in [0.1, 0.15) is 5.56 Å². The number of rotatable bonds is 1. The lowest BCUT2D eigenvalue weighted by atomic mass is 10.1. The molecule has 0 radical (unpaired) electrons. The van der Waals surface area contributed by atoms with Crippen LogP contribution in [0.4, 0.5) is 0 Å². The molecule has 2 rings (SSSR count). The van der Waals surface area contributed by atoms with Crippen molar-refractivity contribution < 1.29 is 0 Å². The molecule has 0 atom stereocenters. The fourth-order valence-electron chi connectivity index (χ4n) is 1.39. The Hall–Kier alpha value is -1.27. The van der Waals surface area contributed by atoms with Crippen LogP contribution in [0, 0.1) is 11.3 Å². The van der Waals surface area contributed by atoms with Crippen LogP contribution < -0.4 is 0 Å². The van der Waals surface area contributed by atoms with Gasteiger partial charge < -0.3 is 0 Å². The first-order valence-electron chi connectivity index (χ1n) is 4.63. The van der Waals surface area contributed by atoms with E-state index < -0.39 is 0 Å². The quantitative estimate of drug-likeness (QED) is 0.768. The summed E-state index contributed by atoms with van der Waals surface area (Å²) >= 11 is 18.0. The lowest BCUT2D eigenvalue weighted by molar-refractivity contribution is 1.30. The molecule has 2 nitrogen and oxygen atoms in total. The van der Waals surface area contributed by atoms with E-state index in [4.69, 9.17) is 40.1 Å². The third-order valence-electron chi connectivity index (χ3n) is 2.16. The van der Waals surface area contributed by atoms with Crippen LogP contribution in [0.25, 0.3) is 11.3 Å². The van der Waals surface area contributed by atoms with Crippen LogP contribution in [0.5, 0.6) is 0 Å². The van der Waals surface area contributed by atoms with Crippen LogP contribution in [0.2, 0.25) is 15.1 Å². The average molecular weight is 284 g/mol. The van der Waals surface area contributed by atoms with Gasteiger partial charge in [0.05, 0.1) is 21.3 Å². The molecule has 0 saturated heterocycles. The molecule has 2 aromatic rings. The highest BCUT2D eigenvalue weighted by Crippen LogP contribution is 2.36. The lowest BCUT2D eigenvalue weighted by Crippen LogP contribution is -1.87. The smallest absolute Gasteiger partial charge is 0.101 e. The van der Waals surface area contributed by atoms with E-state index in [9.17, 15) is 0 Å². The maximum atomic E-state index is 8.69. The maximum Gasteiger partial charge on any atom is 0.101 e. The molecule has 0 fully saturated rings. The van der Waals surface area contributed by atoms with Gasteiger partial charge in [0.25, 0.3) is 0 Å². The minimum absolute atomic E-state index is 0.430. The Labute approximate surface area is 113 Å². The number of halogens is 3. The van der Waals surface area contributed by atoms with Gasteiger partial charge in [0.15, 0.2) is 0 Å². The molecule has 0 saturated carbocycles. The zero-order valence-electron chi connectivity index (χ0n) is 8.42. The summed E-state index contributed by atoms with van der Waals surface area (Å²) < 4.78 is 0. The molecule has 1 aromatic heterocycles. The molecule has 5 heteroatoms. The second-order valence-electron chi connectivity index (χ2n) is 3.29. The molecule has 1 aromatic carbocycles. The highest BCUT2D eigenvalue weighted by Gasteiger charge is 2.11. The third-order valence-corrected chi connectivity index (χ3v) is 2.97. The van der Waals surface area contributed by atoms with Crippen molar-refractivity contribution in [3.63, 3.8) is 0 Å². The summed E-state index contributed by atoms with van der Waals surface area (Å²) in [7, 11) is 0.